The van der Waals surface area contributed by atoms with E-state index in [0.29, 0.717) is 16.5 Å². The van der Waals surface area contributed by atoms with E-state index in [2.05, 4.69) is 0 Å². The molecule has 0 saturated carbocycles. The van der Waals surface area contributed by atoms with Crippen molar-refractivity contribution in [1.82, 2.24) is 0 Å². The third kappa shape index (κ3) is 1.59. The first-order valence-corrected chi connectivity index (χ1v) is 7.39. The molecule has 100 valence electrons. The van der Waals surface area contributed by atoms with Crippen molar-refractivity contribution in [3.8, 4) is 0 Å². The zero-order valence-corrected chi connectivity index (χ0v) is 13.3. The fourth-order valence-corrected chi connectivity index (χ4v) is 4.41. The van der Waals surface area contributed by atoms with Crippen LogP contribution < -0.4 is 0 Å². The van der Waals surface area contributed by atoms with Crippen LogP contribution in [0, 0.1) is 0 Å². The molecule has 2 unspecified atom stereocenters. The minimum Gasteiger partial charge on any atom is -0.294 e. The second kappa shape index (κ2) is 4.14. The van der Waals surface area contributed by atoms with E-state index in [1.807, 2.05) is 13.8 Å². The van der Waals surface area contributed by atoms with Gasteiger partial charge < -0.3 is 0 Å². The van der Waals surface area contributed by atoms with Crippen LogP contribution in [0.5, 0.6) is 0 Å². The van der Waals surface area contributed by atoms with Gasteiger partial charge in [-0.3, -0.25) is 4.79 Å². The molecule has 2 bridgehead atoms. The van der Waals surface area contributed by atoms with Gasteiger partial charge in [0, 0.05) is 5.92 Å². The molecule has 0 amide bonds. The lowest BCUT2D eigenvalue weighted by molar-refractivity contribution is -0.119. The number of halogens is 4. The fourth-order valence-electron chi connectivity index (χ4n) is 3.21. The van der Waals surface area contributed by atoms with Crippen LogP contribution in [0.15, 0.2) is 11.6 Å². The van der Waals surface area contributed by atoms with Crippen molar-refractivity contribution in [3.05, 3.63) is 42.9 Å². The van der Waals surface area contributed by atoms with Crippen molar-refractivity contribution >= 4 is 52.2 Å². The molecule has 1 aromatic rings. The number of allylic oxidation sites excluding steroid dienone is 2. The van der Waals surface area contributed by atoms with Crippen molar-refractivity contribution in [1.29, 1.82) is 0 Å². The Kier molecular flexibility index (Phi) is 3.00. The van der Waals surface area contributed by atoms with Gasteiger partial charge in [0.1, 0.15) is 0 Å². The second-order valence-electron chi connectivity index (χ2n) is 5.39. The van der Waals surface area contributed by atoms with Crippen molar-refractivity contribution < 1.29 is 4.79 Å². The van der Waals surface area contributed by atoms with E-state index >= 15 is 0 Å². The average Bonchev–Trinajstić information content (AvgIpc) is 2.64. The van der Waals surface area contributed by atoms with E-state index < -0.39 is 5.41 Å². The van der Waals surface area contributed by atoms with Crippen LogP contribution in [0.25, 0.3) is 0 Å². The SMILES string of the molecule is CC1=CC(=O)C2(C)CC1c1c(Cl)c(Cl)c(Cl)c(Cl)c12. The van der Waals surface area contributed by atoms with Crippen LogP contribution in [-0.4, -0.2) is 5.78 Å². The summed E-state index contributed by atoms with van der Waals surface area (Å²) in [7, 11) is 0. The molecular formula is C14H10Cl4O. The van der Waals surface area contributed by atoms with Gasteiger partial charge in [-0.25, -0.2) is 0 Å². The maximum absolute atomic E-state index is 12.4. The minimum absolute atomic E-state index is 0.0522. The van der Waals surface area contributed by atoms with Gasteiger partial charge in [-0.15, -0.1) is 0 Å². The molecule has 0 heterocycles. The van der Waals surface area contributed by atoms with Gasteiger partial charge in [-0.2, -0.15) is 0 Å². The minimum atomic E-state index is -0.644. The quantitative estimate of drug-likeness (QED) is 0.447. The van der Waals surface area contributed by atoms with E-state index in [1.165, 1.54) is 0 Å². The maximum atomic E-state index is 12.4. The van der Waals surface area contributed by atoms with Crippen molar-refractivity contribution in [3.63, 3.8) is 0 Å². The van der Waals surface area contributed by atoms with E-state index in [-0.39, 0.29) is 21.7 Å². The number of fused-ring (bicyclic) bond motifs is 5. The standard InChI is InChI=1S/C14H10Cl4O/c1-5-3-7(19)14(2)4-6(5)8-9(14)11(16)13(18)12(17)10(8)15/h3,6H,4H2,1-2H3. The highest BCUT2D eigenvalue weighted by Crippen LogP contribution is 2.59. The molecule has 0 aliphatic heterocycles. The Morgan fingerprint density at radius 1 is 1.11 bits per heavy atom. The monoisotopic (exact) mass is 334 g/mol. The first kappa shape index (κ1) is 13.8. The molecule has 2 aliphatic rings. The molecule has 5 heteroatoms. The Hall–Kier alpha value is -0.210. The lowest BCUT2D eigenvalue weighted by Gasteiger charge is -2.27. The van der Waals surface area contributed by atoms with Gasteiger partial charge in [0.05, 0.1) is 25.5 Å². The van der Waals surface area contributed by atoms with E-state index in [1.54, 1.807) is 6.08 Å². The molecule has 0 radical (unpaired) electrons. The summed E-state index contributed by atoms with van der Waals surface area (Å²) in [5.74, 6) is 0.147. The predicted molar refractivity (Wildman–Crippen MR) is 80.0 cm³/mol. The van der Waals surface area contributed by atoms with E-state index in [0.717, 1.165) is 16.7 Å². The number of hydrogen-bond acceptors (Lipinski definition) is 1. The van der Waals surface area contributed by atoms with Crippen LogP contribution in [0.4, 0.5) is 0 Å². The third-order valence-corrected chi connectivity index (χ3v) is 6.08. The number of carbonyl (C=O) groups is 1. The Labute approximate surface area is 131 Å². The van der Waals surface area contributed by atoms with Crippen LogP contribution in [0.2, 0.25) is 20.1 Å². The van der Waals surface area contributed by atoms with E-state index in [4.69, 9.17) is 46.4 Å². The molecule has 2 aliphatic carbocycles. The highest BCUT2D eigenvalue weighted by atomic mass is 35.5. The Morgan fingerprint density at radius 3 is 2.32 bits per heavy atom. The number of carbonyl (C=O) groups excluding carboxylic acids is 1. The van der Waals surface area contributed by atoms with Crippen LogP contribution in [0.1, 0.15) is 37.3 Å². The van der Waals surface area contributed by atoms with Crippen molar-refractivity contribution in [2.24, 2.45) is 0 Å². The largest absolute Gasteiger partial charge is 0.294 e. The number of ketones is 1. The smallest absolute Gasteiger partial charge is 0.165 e. The number of hydrogen-bond donors (Lipinski definition) is 0. The normalized spacial score (nSPS) is 28.4. The van der Waals surface area contributed by atoms with Gasteiger partial charge in [-0.05, 0) is 37.5 Å². The molecule has 1 aromatic carbocycles. The van der Waals surface area contributed by atoms with Crippen molar-refractivity contribution in [2.75, 3.05) is 0 Å². The average molecular weight is 336 g/mol. The highest BCUT2D eigenvalue weighted by molar-refractivity contribution is 6.52. The maximum Gasteiger partial charge on any atom is 0.165 e. The molecule has 0 saturated heterocycles. The third-order valence-electron chi connectivity index (χ3n) is 4.27. The lowest BCUT2D eigenvalue weighted by Crippen LogP contribution is -2.31. The summed E-state index contributed by atoms with van der Waals surface area (Å²) in [5, 5.41) is 1.27. The molecule has 0 fully saturated rings. The summed E-state index contributed by atoms with van der Waals surface area (Å²) < 4.78 is 0. The number of rotatable bonds is 0. The van der Waals surface area contributed by atoms with E-state index in [9.17, 15) is 4.79 Å². The topological polar surface area (TPSA) is 17.1 Å². The van der Waals surface area contributed by atoms with Crippen molar-refractivity contribution in [2.45, 2.75) is 31.6 Å². The molecule has 0 N–H and O–H groups in total. The van der Waals surface area contributed by atoms with Gasteiger partial charge in [0.25, 0.3) is 0 Å². The van der Waals surface area contributed by atoms with Gasteiger partial charge in [0.15, 0.2) is 5.78 Å². The molecule has 19 heavy (non-hydrogen) atoms. The Balaban J connectivity index is 2.45. The van der Waals surface area contributed by atoms with Crippen LogP contribution >= 0.6 is 46.4 Å². The first-order chi connectivity index (χ1) is 8.79. The molecule has 1 nitrogen and oxygen atoms in total. The first-order valence-electron chi connectivity index (χ1n) is 5.88. The summed E-state index contributed by atoms with van der Waals surface area (Å²) in [6.45, 7) is 3.83. The fraction of sp³-hybridized carbons (Fsp3) is 0.357. The second-order valence-corrected chi connectivity index (χ2v) is 6.90. The summed E-state index contributed by atoms with van der Waals surface area (Å²) in [6, 6.07) is 0. The summed E-state index contributed by atoms with van der Waals surface area (Å²) in [6.07, 6.45) is 2.36. The molecule has 3 rings (SSSR count). The Morgan fingerprint density at radius 2 is 1.68 bits per heavy atom. The number of benzene rings is 1. The highest BCUT2D eigenvalue weighted by Gasteiger charge is 2.51. The predicted octanol–water partition coefficient (Wildman–Crippen LogP) is 5.57. The van der Waals surface area contributed by atoms with Crippen LogP contribution in [0.3, 0.4) is 0 Å². The lowest BCUT2D eigenvalue weighted by atomic mass is 9.75. The van der Waals surface area contributed by atoms with Gasteiger partial charge in [-0.1, -0.05) is 52.0 Å². The molecule has 0 aromatic heterocycles. The molecular weight excluding hydrogens is 326 g/mol. The molecule has 0 spiro atoms. The summed E-state index contributed by atoms with van der Waals surface area (Å²) in [4.78, 5) is 12.4. The Bertz CT molecular complexity index is 662. The van der Waals surface area contributed by atoms with Gasteiger partial charge in [0.2, 0.25) is 0 Å². The summed E-state index contributed by atoms with van der Waals surface area (Å²) in [5.41, 5.74) is 1.96. The summed E-state index contributed by atoms with van der Waals surface area (Å²) >= 11 is 24.9. The molecule has 2 atom stereocenters. The zero-order chi connectivity index (χ0) is 14.1. The zero-order valence-electron chi connectivity index (χ0n) is 10.3. The van der Waals surface area contributed by atoms with Gasteiger partial charge >= 0.3 is 0 Å². The van der Waals surface area contributed by atoms with Crippen LogP contribution in [-0.2, 0) is 10.2 Å².